The van der Waals surface area contributed by atoms with Crippen LogP contribution in [0.4, 0.5) is 11.8 Å². The second-order valence-corrected chi connectivity index (χ2v) is 5.63. The molecule has 0 aromatic carbocycles. The lowest BCUT2D eigenvalue weighted by Gasteiger charge is -2.40. The molecule has 1 fully saturated rings. The van der Waals surface area contributed by atoms with Gasteiger partial charge in [-0.1, -0.05) is 19.8 Å². The molecule has 0 bridgehead atoms. The Balaban J connectivity index is 2.22. The number of hydrogen-bond acceptors (Lipinski definition) is 6. The van der Waals surface area contributed by atoms with Gasteiger partial charge in [0.2, 0.25) is 5.95 Å². The quantitative estimate of drug-likeness (QED) is 0.486. The zero-order valence-electron chi connectivity index (χ0n) is 11.6. The van der Waals surface area contributed by atoms with Gasteiger partial charge in [-0.05, 0) is 25.7 Å². The second kappa shape index (κ2) is 5.71. The molecule has 0 saturated heterocycles. The number of hydrazine groups is 1. The van der Waals surface area contributed by atoms with Crippen LogP contribution in [0.15, 0.2) is 6.20 Å². The van der Waals surface area contributed by atoms with Crippen molar-refractivity contribution in [3.8, 4) is 0 Å². The van der Waals surface area contributed by atoms with Crippen LogP contribution in [0.2, 0.25) is 0 Å². The third-order valence-electron chi connectivity index (χ3n) is 3.88. The Labute approximate surface area is 113 Å². The van der Waals surface area contributed by atoms with Crippen LogP contribution >= 0.6 is 0 Å². The Hall–Kier alpha value is -1.40. The molecule has 0 amide bonds. The van der Waals surface area contributed by atoms with Gasteiger partial charge in [-0.3, -0.25) is 5.43 Å². The maximum Gasteiger partial charge on any atom is 0.239 e. The summed E-state index contributed by atoms with van der Waals surface area (Å²) in [5.74, 6) is 7.07. The van der Waals surface area contributed by atoms with Crippen LogP contribution in [0.1, 0.15) is 38.2 Å². The number of aliphatic hydroxyl groups excluding tert-OH is 1. The molecule has 6 heteroatoms. The van der Waals surface area contributed by atoms with Crippen molar-refractivity contribution in [2.24, 2.45) is 11.8 Å². The number of anilines is 2. The van der Waals surface area contributed by atoms with Crippen molar-refractivity contribution in [1.29, 1.82) is 0 Å². The van der Waals surface area contributed by atoms with E-state index < -0.39 is 0 Å². The lowest BCUT2D eigenvalue weighted by atomic mass is 9.77. The first-order valence-corrected chi connectivity index (χ1v) is 6.78. The van der Waals surface area contributed by atoms with E-state index in [1.807, 2.05) is 6.92 Å². The van der Waals surface area contributed by atoms with Crippen LogP contribution < -0.4 is 16.6 Å². The molecule has 2 rings (SSSR count). The molecule has 106 valence electrons. The number of aryl methyl sites for hydroxylation is 1. The van der Waals surface area contributed by atoms with Crippen LogP contribution in [0.25, 0.3) is 0 Å². The second-order valence-electron chi connectivity index (χ2n) is 5.63. The molecule has 1 aliphatic carbocycles. The maximum atomic E-state index is 9.79. The highest BCUT2D eigenvalue weighted by molar-refractivity contribution is 5.48. The summed E-state index contributed by atoms with van der Waals surface area (Å²) >= 11 is 0. The number of rotatable bonds is 4. The fourth-order valence-corrected chi connectivity index (χ4v) is 2.85. The standard InChI is InChI=1S/C13H23N5O/c1-9-4-3-5-13(6-9,8-19)17-11-10(2)7-15-12(16-11)18-14/h7,9,19H,3-6,8,14H2,1-2H3,(H2,15,16,17,18). The third-order valence-corrected chi connectivity index (χ3v) is 3.88. The predicted octanol–water partition coefficient (Wildman–Crippen LogP) is 1.42. The van der Waals surface area contributed by atoms with E-state index in [0.29, 0.717) is 11.9 Å². The average molecular weight is 265 g/mol. The van der Waals surface area contributed by atoms with E-state index in [4.69, 9.17) is 5.84 Å². The van der Waals surface area contributed by atoms with Crippen molar-refractivity contribution >= 4 is 11.8 Å². The van der Waals surface area contributed by atoms with Gasteiger partial charge >= 0.3 is 0 Å². The molecular formula is C13H23N5O. The molecule has 1 aromatic heterocycles. The molecule has 19 heavy (non-hydrogen) atoms. The highest BCUT2D eigenvalue weighted by Gasteiger charge is 2.35. The first kappa shape index (κ1) is 14.0. The number of nitrogens with two attached hydrogens (primary N) is 1. The Kier molecular flexibility index (Phi) is 4.21. The van der Waals surface area contributed by atoms with Gasteiger partial charge in [-0.2, -0.15) is 4.98 Å². The molecule has 2 unspecified atom stereocenters. The van der Waals surface area contributed by atoms with E-state index in [9.17, 15) is 5.11 Å². The lowest BCUT2D eigenvalue weighted by molar-refractivity contribution is 0.149. The first-order chi connectivity index (χ1) is 9.08. The monoisotopic (exact) mass is 265 g/mol. The topological polar surface area (TPSA) is 96.1 Å². The summed E-state index contributed by atoms with van der Waals surface area (Å²) in [4.78, 5) is 8.40. The van der Waals surface area contributed by atoms with Crippen LogP contribution in [0.5, 0.6) is 0 Å². The van der Waals surface area contributed by atoms with E-state index in [-0.39, 0.29) is 12.1 Å². The van der Waals surface area contributed by atoms with Gasteiger partial charge in [0.25, 0.3) is 0 Å². The van der Waals surface area contributed by atoms with Gasteiger partial charge in [0.05, 0.1) is 12.1 Å². The van der Waals surface area contributed by atoms with Crippen molar-refractivity contribution in [2.45, 2.75) is 45.1 Å². The summed E-state index contributed by atoms with van der Waals surface area (Å²) in [6.45, 7) is 4.29. The highest BCUT2D eigenvalue weighted by atomic mass is 16.3. The molecule has 1 aliphatic rings. The maximum absolute atomic E-state index is 9.79. The summed E-state index contributed by atoms with van der Waals surface area (Å²) in [6.07, 6.45) is 5.99. The Morgan fingerprint density at radius 3 is 3.00 bits per heavy atom. The van der Waals surface area contributed by atoms with Crippen LogP contribution in [-0.4, -0.2) is 27.2 Å². The van der Waals surface area contributed by atoms with Gasteiger partial charge < -0.3 is 10.4 Å². The lowest BCUT2D eigenvalue weighted by Crippen LogP contribution is -2.46. The first-order valence-electron chi connectivity index (χ1n) is 6.78. The molecule has 0 aliphatic heterocycles. The fourth-order valence-electron chi connectivity index (χ4n) is 2.85. The molecule has 2 atom stereocenters. The van der Waals surface area contributed by atoms with E-state index in [0.717, 1.165) is 30.6 Å². The van der Waals surface area contributed by atoms with Gasteiger partial charge in [0, 0.05) is 11.8 Å². The van der Waals surface area contributed by atoms with E-state index in [1.54, 1.807) is 6.20 Å². The van der Waals surface area contributed by atoms with Crippen LogP contribution in [0.3, 0.4) is 0 Å². The molecule has 5 N–H and O–H groups in total. The largest absolute Gasteiger partial charge is 0.394 e. The minimum atomic E-state index is -0.275. The predicted molar refractivity (Wildman–Crippen MR) is 75.7 cm³/mol. The zero-order valence-corrected chi connectivity index (χ0v) is 11.6. The minimum Gasteiger partial charge on any atom is -0.394 e. The third kappa shape index (κ3) is 3.13. The van der Waals surface area contributed by atoms with Gasteiger partial charge in [0.15, 0.2) is 0 Å². The van der Waals surface area contributed by atoms with Crippen LogP contribution in [0, 0.1) is 12.8 Å². The molecule has 1 saturated carbocycles. The van der Waals surface area contributed by atoms with Gasteiger partial charge in [-0.15, -0.1) is 0 Å². The van der Waals surface area contributed by atoms with Crippen molar-refractivity contribution in [3.63, 3.8) is 0 Å². The Morgan fingerprint density at radius 1 is 1.58 bits per heavy atom. The fraction of sp³-hybridized carbons (Fsp3) is 0.692. The zero-order chi connectivity index (χ0) is 13.9. The smallest absolute Gasteiger partial charge is 0.239 e. The molecule has 0 radical (unpaired) electrons. The average Bonchev–Trinajstić information content (AvgIpc) is 2.41. The Morgan fingerprint density at radius 2 is 2.37 bits per heavy atom. The van der Waals surface area contributed by atoms with Gasteiger partial charge in [0.1, 0.15) is 5.82 Å². The van der Waals surface area contributed by atoms with Crippen molar-refractivity contribution in [2.75, 3.05) is 17.3 Å². The van der Waals surface area contributed by atoms with E-state index in [1.165, 1.54) is 6.42 Å². The minimum absolute atomic E-state index is 0.117. The summed E-state index contributed by atoms with van der Waals surface area (Å²) < 4.78 is 0. The molecular weight excluding hydrogens is 242 g/mol. The summed E-state index contributed by atoms with van der Waals surface area (Å²) in [7, 11) is 0. The number of aromatic nitrogens is 2. The molecule has 6 nitrogen and oxygen atoms in total. The van der Waals surface area contributed by atoms with Crippen LogP contribution in [-0.2, 0) is 0 Å². The van der Waals surface area contributed by atoms with E-state index in [2.05, 4.69) is 27.6 Å². The van der Waals surface area contributed by atoms with E-state index >= 15 is 0 Å². The number of hydrogen-bond donors (Lipinski definition) is 4. The van der Waals surface area contributed by atoms with Crippen molar-refractivity contribution in [1.82, 2.24) is 9.97 Å². The highest BCUT2D eigenvalue weighted by Crippen LogP contribution is 2.35. The normalized spacial score (nSPS) is 27.1. The SMILES string of the molecule is Cc1cnc(NN)nc1NC1(CO)CCCC(C)C1. The van der Waals surface area contributed by atoms with Crippen molar-refractivity contribution in [3.05, 3.63) is 11.8 Å². The number of nitrogens with zero attached hydrogens (tertiary/aromatic N) is 2. The Bertz CT molecular complexity index is 439. The van der Waals surface area contributed by atoms with Gasteiger partial charge in [-0.25, -0.2) is 10.8 Å². The number of aliphatic hydroxyl groups is 1. The summed E-state index contributed by atoms with van der Waals surface area (Å²) in [5.41, 5.74) is 3.12. The summed E-state index contributed by atoms with van der Waals surface area (Å²) in [5, 5.41) is 13.2. The summed E-state index contributed by atoms with van der Waals surface area (Å²) in [6, 6.07) is 0. The number of nitrogens with one attached hydrogen (secondary N) is 2. The van der Waals surface area contributed by atoms with Crippen molar-refractivity contribution < 1.29 is 5.11 Å². The number of nitrogen functional groups attached to an aromatic ring is 1. The molecule has 1 heterocycles. The molecule has 1 aromatic rings. The molecule has 0 spiro atoms.